The van der Waals surface area contributed by atoms with E-state index in [1.54, 1.807) is 24.3 Å². The number of benzene rings is 1. The van der Waals surface area contributed by atoms with Crippen LogP contribution in [0.4, 0.5) is 11.5 Å². The van der Waals surface area contributed by atoms with Crippen molar-refractivity contribution in [2.45, 2.75) is 13.7 Å². The fourth-order valence-electron chi connectivity index (χ4n) is 1.95. The standard InChI is InChI=1S/C14H16N4O3/c1-9(20)16-11-5-3-10(4-6-11)13-12(7-19)14(15)18(17-13)8-21-2/h3-7H,8,15H2,1-2H3,(H,16,20). The summed E-state index contributed by atoms with van der Waals surface area (Å²) in [5, 5.41) is 6.95. The normalized spacial score (nSPS) is 10.4. The fraction of sp³-hybridized carbons (Fsp3) is 0.214. The van der Waals surface area contributed by atoms with E-state index in [1.807, 2.05) is 0 Å². The number of carbonyl (C=O) groups excluding carboxylic acids is 2. The molecule has 1 heterocycles. The highest BCUT2D eigenvalue weighted by molar-refractivity contribution is 5.92. The third-order valence-electron chi connectivity index (χ3n) is 2.88. The minimum absolute atomic E-state index is 0.148. The number of aldehydes is 1. The predicted octanol–water partition coefficient (Wildman–Crippen LogP) is 1.51. The van der Waals surface area contributed by atoms with Gasteiger partial charge in [-0.3, -0.25) is 9.59 Å². The zero-order valence-corrected chi connectivity index (χ0v) is 11.8. The van der Waals surface area contributed by atoms with Crippen LogP contribution < -0.4 is 11.1 Å². The molecule has 1 amide bonds. The number of aromatic nitrogens is 2. The second kappa shape index (κ2) is 6.19. The van der Waals surface area contributed by atoms with Gasteiger partial charge in [-0.05, 0) is 12.1 Å². The number of anilines is 2. The van der Waals surface area contributed by atoms with Crippen LogP contribution in [-0.2, 0) is 16.3 Å². The van der Waals surface area contributed by atoms with Crippen LogP contribution >= 0.6 is 0 Å². The first-order chi connectivity index (χ1) is 10.1. The molecule has 0 saturated heterocycles. The Bertz CT molecular complexity index is 662. The van der Waals surface area contributed by atoms with Gasteiger partial charge in [-0.15, -0.1) is 0 Å². The van der Waals surface area contributed by atoms with Crippen molar-refractivity contribution in [3.63, 3.8) is 0 Å². The Morgan fingerprint density at radius 3 is 2.62 bits per heavy atom. The molecule has 7 nitrogen and oxygen atoms in total. The van der Waals surface area contributed by atoms with Gasteiger partial charge >= 0.3 is 0 Å². The predicted molar refractivity (Wildman–Crippen MR) is 78.8 cm³/mol. The second-order valence-electron chi connectivity index (χ2n) is 4.44. The van der Waals surface area contributed by atoms with Gasteiger partial charge in [0, 0.05) is 25.3 Å². The smallest absolute Gasteiger partial charge is 0.221 e. The summed E-state index contributed by atoms with van der Waals surface area (Å²) >= 11 is 0. The van der Waals surface area contributed by atoms with Crippen molar-refractivity contribution in [3.8, 4) is 11.3 Å². The van der Waals surface area contributed by atoms with E-state index in [1.165, 1.54) is 18.7 Å². The highest BCUT2D eigenvalue weighted by atomic mass is 16.5. The summed E-state index contributed by atoms with van der Waals surface area (Å²) in [6, 6.07) is 6.99. The first-order valence-corrected chi connectivity index (χ1v) is 6.25. The van der Waals surface area contributed by atoms with Gasteiger partial charge in [0.25, 0.3) is 0 Å². The number of amides is 1. The van der Waals surface area contributed by atoms with Crippen LogP contribution in [0.5, 0.6) is 0 Å². The molecule has 0 aliphatic heterocycles. The first kappa shape index (κ1) is 14.7. The maximum atomic E-state index is 11.2. The quantitative estimate of drug-likeness (QED) is 0.812. The van der Waals surface area contributed by atoms with E-state index in [9.17, 15) is 9.59 Å². The van der Waals surface area contributed by atoms with E-state index < -0.39 is 0 Å². The van der Waals surface area contributed by atoms with Crippen LogP contribution in [0.1, 0.15) is 17.3 Å². The summed E-state index contributed by atoms with van der Waals surface area (Å²) in [5.74, 6) is 0.109. The van der Waals surface area contributed by atoms with Crippen molar-refractivity contribution in [2.75, 3.05) is 18.2 Å². The van der Waals surface area contributed by atoms with E-state index in [0.29, 0.717) is 23.2 Å². The molecule has 0 bridgehead atoms. The van der Waals surface area contributed by atoms with E-state index in [2.05, 4.69) is 10.4 Å². The van der Waals surface area contributed by atoms with E-state index in [4.69, 9.17) is 10.5 Å². The molecular formula is C14H16N4O3. The monoisotopic (exact) mass is 288 g/mol. The molecule has 7 heteroatoms. The Morgan fingerprint density at radius 2 is 2.10 bits per heavy atom. The summed E-state index contributed by atoms with van der Waals surface area (Å²) in [6.45, 7) is 1.60. The van der Waals surface area contributed by atoms with Crippen molar-refractivity contribution < 1.29 is 14.3 Å². The summed E-state index contributed by atoms with van der Waals surface area (Å²) in [7, 11) is 1.52. The zero-order valence-electron chi connectivity index (χ0n) is 11.8. The molecular weight excluding hydrogens is 272 g/mol. The van der Waals surface area contributed by atoms with Crippen molar-refractivity contribution in [2.24, 2.45) is 0 Å². The molecule has 0 radical (unpaired) electrons. The van der Waals surface area contributed by atoms with Gasteiger partial charge in [0.1, 0.15) is 18.2 Å². The van der Waals surface area contributed by atoms with Crippen molar-refractivity contribution in [3.05, 3.63) is 29.8 Å². The Kier molecular flexibility index (Phi) is 4.34. The average molecular weight is 288 g/mol. The Labute approximate surface area is 121 Å². The molecule has 2 aromatic rings. The molecule has 0 saturated carbocycles. The third kappa shape index (κ3) is 3.09. The number of carbonyl (C=O) groups is 2. The van der Waals surface area contributed by atoms with Gasteiger partial charge in [-0.2, -0.15) is 5.10 Å². The minimum Gasteiger partial charge on any atom is -0.383 e. The van der Waals surface area contributed by atoms with Crippen LogP contribution in [0.25, 0.3) is 11.3 Å². The molecule has 110 valence electrons. The van der Waals surface area contributed by atoms with Crippen LogP contribution in [0.15, 0.2) is 24.3 Å². The maximum Gasteiger partial charge on any atom is 0.221 e. The van der Waals surface area contributed by atoms with Crippen molar-refractivity contribution in [1.29, 1.82) is 0 Å². The lowest BCUT2D eigenvalue weighted by Crippen LogP contribution is -2.06. The lowest BCUT2D eigenvalue weighted by Gasteiger charge is -2.03. The number of nitrogens with one attached hydrogen (secondary N) is 1. The molecule has 1 aromatic heterocycles. The Balaban J connectivity index is 2.39. The first-order valence-electron chi connectivity index (χ1n) is 6.25. The molecule has 0 spiro atoms. The van der Waals surface area contributed by atoms with Crippen LogP contribution in [-0.4, -0.2) is 29.1 Å². The fourth-order valence-corrected chi connectivity index (χ4v) is 1.95. The zero-order chi connectivity index (χ0) is 15.4. The topological polar surface area (TPSA) is 99.2 Å². The molecule has 1 aromatic carbocycles. The number of methoxy groups -OCH3 is 1. The van der Waals surface area contributed by atoms with Gasteiger partial charge in [0.2, 0.25) is 5.91 Å². The number of hydrogen-bond acceptors (Lipinski definition) is 5. The van der Waals surface area contributed by atoms with Gasteiger partial charge in [-0.25, -0.2) is 4.68 Å². The molecule has 0 fully saturated rings. The second-order valence-corrected chi connectivity index (χ2v) is 4.44. The highest BCUT2D eigenvalue weighted by Crippen LogP contribution is 2.27. The average Bonchev–Trinajstić information content (AvgIpc) is 2.76. The molecule has 21 heavy (non-hydrogen) atoms. The molecule has 0 atom stereocenters. The molecule has 0 aliphatic carbocycles. The van der Waals surface area contributed by atoms with Crippen molar-refractivity contribution in [1.82, 2.24) is 9.78 Å². The Hall–Kier alpha value is -2.67. The maximum absolute atomic E-state index is 11.2. The number of nitrogens with zero attached hydrogens (tertiary/aromatic N) is 2. The highest BCUT2D eigenvalue weighted by Gasteiger charge is 2.16. The number of nitrogens with two attached hydrogens (primary N) is 1. The van der Waals surface area contributed by atoms with E-state index >= 15 is 0 Å². The number of nitrogen functional groups attached to an aromatic ring is 1. The van der Waals surface area contributed by atoms with Crippen LogP contribution in [0, 0.1) is 0 Å². The Morgan fingerprint density at radius 1 is 1.43 bits per heavy atom. The van der Waals surface area contributed by atoms with Gasteiger partial charge in [-0.1, -0.05) is 12.1 Å². The number of rotatable bonds is 5. The molecule has 0 aliphatic rings. The van der Waals surface area contributed by atoms with Crippen LogP contribution in [0.3, 0.4) is 0 Å². The molecule has 3 N–H and O–H groups in total. The summed E-state index contributed by atoms with van der Waals surface area (Å²) in [6.07, 6.45) is 0.672. The lowest BCUT2D eigenvalue weighted by atomic mass is 10.1. The van der Waals surface area contributed by atoms with Gasteiger partial charge < -0.3 is 15.8 Å². The lowest BCUT2D eigenvalue weighted by molar-refractivity contribution is -0.114. The van der Waals surface area contributed by atoms with Gasteiger partial charge in [0.15, 0.2) is 6.29 Å². The minimum atomic E-state index is -0.148. The number of ether oxygens (including phenoxy) is 1. The summed E-state index contributed by atoms with van der Waals surface area (Å²) in [5.41, 5.74) is 8.06. The third-order valence-corrected chi connectivity index (χ3v) is 2.88. The van der Waals surface area contributed by atoms with E-state index in [0.717, 1.165) is 5.56 Å². The summed E-state index contributed by atoms with van der Waals surface area (Å²) < 4.78 is 6.39. The van der Waals surface area contributed by atoms with Crippen molar-refractivity contribution >= 4 is 23.7 Å². The van der Waals surface area contributed by atoms with Gasteiger partial charge in [0.05, 0.1) is 5.56 Å². The SMILES string of the molecule is COCn1nc(-c2ccc(NC(C)=O)cc2)c(C=O)c1N. The summed E-state index contributed by atoms with van der Waals surface area (Å²) in [4.78, 5) is 22.2. The largest absolute Gasteiger partial charge is 0.383 e. The molecule has 0 unspecified atom stereocenters. The van der Waals surface area contributed by atoms with Crippen LogP contribution in [0.2, 0.25) is 0 Å². The molecule has 2 rings (SSSR count). The number of hydrogen-bond donors (Lipinski definition) is 2. The van der Waals surface area contributed by atoms with E-state index in [-0.39, 0.29) is 18.5 Å².